The van der Waals surface area contributed by atoms with Crippen LogP contribution in [-0.2, 0) is 0 Å². The van der Waals surface area contributed by atoms with Crippen LogP contribution in [0.5, 0.6) is 5.75 Å². The number of hydrogen-bond donors (Lipinski definition) is 1. The minimum atomic E-state index is -0.171. The maximum absolute atomic E-state index is 5.87. The minimum Gasteiger partial charge on any atom is -0.488 e. The smallest absolute Gasteiger partial charge is 0.120 e. The Balaban J connectivity index is 1.61. The van der Waals surface area contributed by atoms with E-state index in [0.29, 0.717) is 0 Å². The molecule has 0 heterocycles. The third kappa shape index (κ3) is 6.04. The second-order valence-corrected chi connectivity index (χ2v) is 9.67. The van der Waals surface area contributed by atoms with E-state index in [0.717, 1.165) is 10.6 Å². The Morgan fingerprint density at radius 3 is 1.35 bits per heavy atom. The summed E-state index contributed by atoms with van der Waals surface area (Å²) in [5.74, 6) is 0.904. The van der Waals surface area contributed by atoms with Gasteiger partial charge in [0.25, 0.3) is 0 Å². The number of ether oxygens (including phenoxy) is 1. The first-order chi connectivity index (χ1) is 12.4. The molecule has 3 rings (SSSR count). The zero-order valence-electron chi connectivity index (χ0n) is 15.1. The summed E-state index contributed by atoms with van der Waals surface area (Å²) in [6.45, 7) is 6.17. The largest absolute Gasteiger partial charge is 0.488 e. The monoisotopic (exact) mass is 398 g/mol. The Morgan fingerprint density at radius 2 is 0.962 bits per heavy atom. The second-order valence-electron chi connectivity index (χ2n) is 6.86. The van der Waals surface area contributed by atoms with Gasteiger partial charge in [-0.1, -0.05) is 23.5 Å². The highest BCUT2D eigenvalue weighted by Gasteiger charge is 2.11. The van der Waals surface area contributed by atoms with Crippen LogP contribution in [0.1, 0.15) is 20.8 Å². The van der Waals surface area contributed by atoms with E-state index in [-0.39, 0.29) is 5.60 Å². The van der Waals surface area contributed by atoms with Gasteiger partial charge in [-0.2, -0.15) is 0 Å². The Kier molecular flexibility index (Phi) is 6.28. The molecular formula is C22H22OS3. The quantitative estimate of drug-likeness (QED) is 0.447. The van der Waals surface area contributed by atoms with Crippen LogP contribution in [0.4, 0.5) is 0 Å². The number of hydrogen-bond acceptors (Lipinski definition) is 4. The van der Waals surface area contributed by atoms with Crippen molar-refractivity contribution in [2.24, 2.45) is 0 Å². The lowest BCUT2D eigenvalue weighted by atomic mass is 10.2. The summed E-state index contributed by atoms with van der Waals surface area (Å²) in [4.78, 5) is 5.87. The van der Waals surface area contributed by atoms with Crippen LogP contribution in [0.15, 0.2) is 97.3 Å². The van der Waals surface area contributed by atoms with E-state index in [9.17, 15) is 0 Å². The molecule has 0 saturated carbocycles. The van der Waals surface area contributed by atoms with Gasteiger partial charge in [-0.3, -0.25) is 0 Å². The first-order valence-corrected chi connectivity index (χ1v) is 10.5. The molecule has 0 bridgehead atoms. The molecule has 0 aliphatic carbocycles. The summed E-state index contributed by atoms with van der Waals surface area (Å²) < 4.78 is 5.87. The van der Waals surface area contributed by atoms with Gasteiger partial charge < -0.3 is 4.74 Å². The third-order valence-corrected chi connectivity index (χ3v) is 5.71. The van der Waals surface area contributed by atoms with Crippen molar-refractivity contribution in [3.05, 3.63) is 72.8 Å². The Morgan fingerprint density at radius 1 is 0.615 bits per heavy atom. The van der Waals surface area contributed by atoms with Crippen molar-refractivity contribution in [3.8, 4) is 5.75 Å². The van der Waals surface area contributed by atoms with E-state index < -0.39 is 0 Å². The Bertz CT molecular complexity index is 833. The zero-order chi connectivity index (χ0) is 18.6. The van der Waals surface area contributed by atoms with Gasteiger partial charge in [0.2, 0.25) is 0 Å². The van der Waals surface area contributed by atoms with E-state index >= 15 is 0 Å². The summed E-state index contributed by atoms with van der Waals surface area (Å²) in [5, 5.41) is 0. The fourth-order valence-corrected chi connectivity index (χ4v) is 4.07. The molecule has 3 aromatic rings. The van der Waals surface area contributed by atoms with Crippen LogP contribution < -0.4 is 4.74 Å². The van der Waals surface area contributed by atoms with E-state index in [4.69, 9.17) is 4.74 Å². The third-order valence-electron chi connectivity index (χ3n) is 3.38. The topological polar surface area (TPSA) is 9.23 Å². The number of rotatable bonds is 5. The summed E-state index contributed by atoms with van der Waals surface area (Å²) in [6.07, 6.45) is 0. The van der Waals surface area contributed by atoms with Crippen molar-refractivity contribution >= 4 is 36.2 Å². The molecule has 0 aliphatic heterocycles. The van der Waals surface area contributed by atoms with E-state index in [1.807, 2.05) is 24.3 Å². The van der Waals surface area contributed by atoms with E-state index in [1.54, 1.807) is 23.5 Å². The van der Waals surface area contributed by atoms with Crippen molar-refractivity contribution in [2.45, 2.75) is 50.8 Å². The summed E-state index contributed by atoms with van der Waals surface area (Å²) >= 11 is 7.84. The lowest BCUT2D eigenvalue weighted by Gasteiger charge is -2.21. The van der Waals surface area contributed by atoms with Gasteiger partial charge >= 0.3 is 0 Å². The number of thiol groups is 1. The molecule has 0 spiro atoms. The van der Waals surface area contributed by atoms with Gasteiger partial charge in [-0.05, 0) is 93.6 Å². The highest BCUT2D eigenvalue weighted by Crippen LogP contribution is 2.33. The lowest BCUT2D eigenvalue weighted by molar-refractivity contribution is 0.131. The normalized spacial score (nSPS) is 11.4. The molecule has 0 radical (unpaired) electrons. The molecule has 26 heavy (non-hydrogen) atoms. The van der Waals surface area contributed by atoms with Crippen LogP contribution in [0.25, 0.3) is 0 Å². The molecule has 0 saturated heterocycles. The van der Waals surface area contributed by atoms with Gasteiger partial charge in [0, 0.05) is 24.5 Å². The van der Waals surface area contributed by atoms with Crippen LogP contribution in [0, 0.1) is 0 Å². The molecule has 0 fully saturated rings. The Hall–Kier alpha value is -1.49. The molecular weight excluding hydrogens is 376 g/mol. The second kappa shape index (κ2) is 8.47. The maximum Gasteiger partial charge on any atom is 0.120 e. The van der Waals surface area contributed by atoms with Crippen LogP contribution in [-0.4, -0.2) is 5.60 Å². The minimum absolute atomic E-state index is 0.171. The highest BCUT2D eigenvalue weighted by atomic mass is 32.2. The molecule has 0 atom stereocenters. The van der Waals surface area contributed by atoms with Gasteiger partial charge in [-0.25, -0.2) is 0 Å². The zero-order valence-corrected chi connectivity index (χ0v) is 17.6. The van der Waals surface area contributed by atoms with Gasteiger partial charge in [0.05, 0.1) is 0 Å². The number of benzene rings is 3. The maximum atomic E-state index is 5.87. The molecule has 0 N–H and O–H groups in total. The molecule has 0 aromatic heterocycles. The summed E-state index contributed by atoms with van der Waals surface area (Å²) in [6, 6.07) is 25.2. The molecule has 0 amide bonds. The molecule has 134 valence electrons. The standard InChI is InChI=1S/C22H22OS3/c1-22(2,3)23-16-4-8-18(9-5-16)25-20-12-14-21(15-13-20)26-19-10-6-17(24)7-11-19/h4-15,24H,1-3H3. The van der Waals surface area contributed by atoms with Crippen LogP contribution in [0.3, 0.4) is 0 Å². The van der Waals surface area contributed by atoms with E-state index in [2.05, 4.69) is 81.9 Å². The van der Waals surface area contributed by atoms with Crippen molar-refractivity contribution < 1.29 is 4.74 Å². The lowest BCUT2D eigenvalue weighted by Crippen LogP contribution is -2.22. The first-order valence-electron chi connectivity index (χ1n) is 8.41. The fourth-order valence-electron chi connectivity index (χ4n) is 2.29. The highest BCUT2D eigenvalue weighted by molar-refractivity contribution is 7.99. The van der Waals surface area contributed by atoms with Gasteiger partial charge in [-0.15, -0.1) is 12.6 Å². The van der Waals surface area contributed by atoms with Crippen LogP contribution in [0.2, 0.25) is 0 Å². The average Bonchev–Trinajstić information content (AvgIpc) is 2.59. The van der Waals surface area contributed by atoms with E-state index in [1.165, 1.54) is 19.6 Å². The molecule has 3 aromatic carbocycles. The van der Waals surface area contributed by atoms with Gasteiger partial charge in [0.1, 0.15) is 11.4 Å². The predicted molar refractivity (Wildman–Crippen MR) is 115 cm³/mol. The van der Waals surface area contributed by atoms with Crippen molar-refractivity contribution in [2.75, 3.05) is 0 Å². The summed E-state index contributed by atoms with van der Waals surface area (Å²) in [5.41, 5.74) is -0.171. The van der Waals surface area contributed by atoms with Crippen LogP contribution >= 0.6 is 36.2 Å². The van der Waals surface area contributed by atoms with Crippen molar-refractivity contribution in [3.63, 3.8) is 0 Å². The van der Waals surface area contributed by atoms with Crippen molar-refractivity contribution in [1.29, 1.82) is 0 Å². The predicted octanol–water partition coefficient (Wildman–Crippen LogP) is 7.46. The fraction of sp³-hybridized carbons (Fsp3) is 0.182. The SMILES string of the molecule is CC(C)(C)Oc1ccc(Sc2ccc(Sc3ccc(S)cc3)cc2)cc1. The first kappa shape index (κ1) is 19.3. The van der Waals surface area contributed by atoms with Gasteiger partial charge in [0.15, 0.2) is 0 Å². The molecule has 4 heteroatoms. The van der Waals surface area contributed by atoms with Crippen molar-refractivity contribution in [1.82, 2.24) is 0 Å². The molecule has 1 nitrogen and oxygen atoms in total. The summed E-state index contributed by atoms with van der Waals surface area (Å²) in [7, 11) is 0. The Labute approximate surface area is 170 Å². The molecule has 0 unspecified atom stereocenters. The average molecular weight is 399 g/mol. The molecule has 0 aliphatic rings.